The van der Waals surface area contributed by atoms with Crippen LogP contribution in [0.3, 0.4) is 0 Å². The van der Waals surface area contributed by atoms with E-state index in [4.69, 9.17) is 10.3 Å². The molecule has 1 aromatic heterocycles. The van der Waals surface area contributed by atoms with Gasteiger partial charge in [0.05, 0.1) is 5.69 Å². The summed E-state index contributed by atoms with van der Waals surface area (Å²) in [5, 5.41) is 4.02. The average Bonchev–Trinajstić information content (AvgIpc) is 3.00. The lowest BCUT2D eigenvalue weighted by molar-refractivity contribution is 0.0625. The van der Waals surface area contributed by atoms with E-state index in [1.165, 1.54) is 0 Å². The summed E-state index contributed by atoms with van der Waals surface area (Å²) < 4.78 is 5.09. The van der Waals surface area contributed by atoms with Crippen molar-refractivity contribution in [3.8, 4) is 0 Å². The first-order chi connectivity index (χ1) is 11.2. The predicted molar refractivity (Wildman–Crippen MR) is 86.8 cm³/mol. The molecule has 2 heterocycles. The summed E-state index contributed by atoms with van der Waals surface area (Å²) in [6, 6.07) is 9.49. The lowest BCUT2D eigenvalue weighted by Crippen LogP contribution is -2.48. The molecule has 6 heteroatoms. The Kier molecular flexibility index (Phi) is 4.73. The zero-order valence-electron chi connectivity index (χ0n) is 13.4. The van der Waals surface area contributed by atoms with E-state index in [9.17, 15) is 4.79 Å². The molecule has 0 radical (unpaired) electrons. The number of hydrogen-bond acceptors (Lipinski definition) is 5. The maximum absolute atomic E-state index is 12.5. The highest BCUT2D eigenvalue weighted by molar-refractivity contribution is 5.94. The molecule has 122 valence electrons. The Bertz CT molecular complexity index is 657. The van der Waals surface area contributed by atoms with Crippen molar-refractivity contribution < 1.29 is 9.32 Å². The van der Waals surface area contributed by atoms with Gasteiger partial charge >= 0.3 is 0 Å². The van der Waals surface area contributed by atoms with Crippen LogP contribution in [0.25, 0.3) is 0 Å². The molecule has 0 spiro atoms. The lowest BCUT2D eigenvalue weighted by Gasteiger charge is -2.34. The Labute approximate surface area is 135 Å². The number of hydrogen-bond donors (Lipinski definition) is 1. The predicted octanol–water partition coefficient (Wildman–Crippen LogP) is 1.40. The summed E-state index contributed by atoms with van der Waals surface area (Å²) in [5.41, 5.74) is 8.29. The minimum Gasteiger partial charge on any atom is -0.361 e. The van der Waals surface area contributed by atoms with Crippen molar-refractivity contribution in [3.05, 3.63) is 52.9 Å². The van der Waals surface area contributed by atoms with Crippen molar-refractivity contribution in [1.29, 1.82) is 0 Å². The second-order valence-corrected chi connectivity index (χ2v) is 5.90. The first-order valence-corrected chi connectivity index (χ1v) is 7.88. The van der Waals surface area contributed by atoms with Gasteiger partial charge in [0, 0.05) is 50.9 Å². The number of nitrogens with two attached hydrogens (primary N) is 1. The normalized spacial score (nSPS) is 15.8. The van der Waals surface area contributed by atoms with Crippen LogP contribution in [0.2, 0.25) is 0 Å². The van der Waals surface area contributed by atoms with E-state index in [1.54, 1.807) is 0 Å². The van der Waals surface area contributed by atoms with Gasteiger partial charge in [-0.25, -0.2) is 0 Å². The second kappa shape index (κ2) is 6.93. The smallest absolute Gasteiger partial charge is 0.253 e. The maximum atomic E-state index is 12.5. The van der Waals surface area contributed by atoms with E-state index in [-0.39, 0.29) is 5.91 Å². The summed E-state index contributed by atoms with van der Waals surface area (Å²) >= 11 is 0. The zero-order valence-corrected chi connectivity index (χ0v) is 13.4. The maximum Gasteiger partial charge on any atom is 0.253 e. The molecule has 2 N–H and O–H groups in total. The third kappa shape index (κ3) is 3.78. The van der Waals surface area contributed by atoms with Gasteiger partial charge in [-0.1, -0.05) is 17.3 Å². The van der Waals surface area contributed by atoms with Gasteiger partial charge in [0.2, 0.25) is 0 Å². The fourth-order valence-electron chi connectivity index (χ4n) is 2.80. The number of aryl methyl sites for hydroxylation is 1. The average molecular weight is 314 g/mol. The number of carbonyl (C=O) groups excluding carboxylic acids is 1. The van der Waals surface area contributed by atoms with E-state index in [2.05, 4.69) is 10.1 Å². The van der Waals surface area contributed by atoms with Crippen LogP contribution in [0.1, 0.15) is 27.4 Å². The van der Waals surface area contributed by atoms with Gasteiger partial charge in [0.25, 0.3) is 5.91 Å². The van der Waals surface area contributed by atoms with Gasteiger partial charge in [-0.3, -0.25) is 9.69 Å². The topological polar surface area (TPSA) is 75.6 Å². The van der Waals surface area contributed by atoms with Gasteiger partial charge < -0.3 is 15.2 Å². The quantitative estimate of drug-likeness (QED) is 0.923. The molecule has 0 bridgehead atoms. The fraction of sp³-hybridized carbons (Fsp3) is 0.412. The first-order valence-electron chi connectivity index (χ1n) is 7.88. The molecule has 2 aromatic rings. The monoisotopic (exact) mass is 314 g/mol. The summed E-state index contributed by atoms with van der Waals surface area (Å²) in [6.45, 7) is 6.31. The van der Waals surface area contributed by atoms with Gasteiger partial charge in [-0.15, -0.1) is 0 Å². The Balaban J connectivity index is 1.54. The minimum absolute atomic E-state index is 0.0884. The molecule has 3 rings (SSSR count). The molecule has 0 aliphatic carbocycles. The van der Waals surface area contributed by atoms with Gasteiger partial charge in [-0.05, 0) is 24.6 Å². The summed E-state index contributed by atoms with van der Waals surface area (Å²) in [5.74, 6) is 0.917. The van der Waals surface area contributed by atoms with Crippen molar-refractivity contribution in [2.24, 2.45) is 5.73 Å². The van der Waals surface area contributed by atoms with Crippen LogP contribution in [0.4, 0.5) is 0 Å². The molecular formula is C17H22N4O2. The van der Waals surface area contributed by atoms with Crippen molar-refractivity contribution in [1.82, 2.24) is 15.0 Å². The Morgan fingerprint density at radius 1 is 1.22 bits per heavy atom. The van der Waals surface area contributed by atoms with Gasteiger partial charge in [0.15, 0.2) is 0 Å². The molecule has 6 nitrogen and oxygen atoms in total. The van der Waals surface area contributed by atoms with E-state index in [1.807, 2.05) is 42.2 Å². The molecule has 1 aliphatic rings. The van der Waals surface area contributed by atoms with Crippen molar-refractivity contribution in [2.45, 2.75) is 20.0 Å². The molecule has 1 saturated heterocycles. The summed E-state index contributed by atoms with van der Waals surface area (Å²) in [4.78, 5) is 16.7. The first kappa shape index (κ1) is 15.7. The van der Waals surface area contributed by atoms with Crippen LogP contribution >= 0.6 is 0 Å². The number of piperazine rings is 1. The standard InChI is InChI=1S/C17H22N4O2/c1-13-10-16(19-23-13)12-20-6-8-21(9-7-20)17(22)15-4-2-14(11-18)3-5-15/h2-5,10H,6-9,11-12,18H2,1H3. The minimum atomic E-state index is 0.0884. The van der Waals surface area contributed by atoms with E-state index < -0.39 is 0 Å². The van der Waals surface area contributed by atoms with E-state index in [0.29, 0.717) is 6.54 Å². The molecule has 0 saturated carbocycles. The van der Waals surface area contributed by atoms with Crippen LogP contribution in [0.15, 0.2) is 34.9 Å². The number of benzene rings is 1. The highest BCUT2D eigenvalue weighted by Crippen LogP contribution is 2.12. The summed E-state index contributed by atoms with van der Waals surface area (Å²) in [6.07, 6.45) is 0. The number of aromatic nitrogens is 1. The molecule has 0 unspecified atom stereocenters. The molecule has 0 atom stereocenters. The third-order valence-corrected chi connectivity index (χ3v) is 4.16. The fourth-order valence-corrected chi connectivity index (χ4v) is 2.80. The molecule has 1 aromatic carbocycles. The third-order valence-electron chi connectivity index (χ3n) is 4.16. The molecule has 23 heavy (non-hydrogen) atoms. The summed E-state index contributed by atoms with van der Waals surface area (Å²) in [7, 11) is 0. The van der Waals surface area contributed by atoms with Crippen LogP contribution in [0, 0.1) is 6.92 Å². The highest BCUT2D eigenvalue weighted by atomic mass is 16.5. The van der Waals surface area contributed by atoms with Crippen LogP contribution < -0.4 is 5.73 Å². The van der Waals surface area contributed by atoms with E-state index >= 15 is 0 Å². The Hall–Kier alpha value is -2.18. The van der Waals surface area contributed by atoms with Crippen molar-refractivity contribution in [2.75, 3.05) is 26.2 Å². The molecule has 1 fully saturated rings. The largest absolute Gasteiger partial charge is 0.361 e. The van der Waals surface area contributed by atoms with Gasteiger partial charge in [-0.2, -0.15) is 0 Å². The zero-order chi connectivity index (χ0) is 16.2. The number of carbonyl (C=O) groups is 1. The lowest BCUT2D eigenvalue weighted by atomic mass is 10.1. The van der Waals surface area contributed by atoms with Crippen molar-refractivity contribution >= 4 is 5.91 Å². The number of rotatable bonds is 4. The molecule has 1 amide bonds. The van der Waals surface area contributed by atoms with Gasteiger partial charge in [0.1, 0.15) is 5.76 Å². The van der Waals surface area contributed by atoms with Crippen LogP contribution in [0.5, 0.6) is 0 Å². The van der Waals surface area contributed by atoms with E-state index in [0.717, 1.165) is 55.3 Å². The van der Waals surface area contributed by atoms with Crippen LogP contribution in [-0.2, 0) is 13.1 Å². The Morgan fingerprint density at radius 2 is 1.91 bits per heavy atom. The molecule has 1 aliphatic heterocycles. The number of amides is 1. The van der Waals surface area contributed by atoms with Crippen LogP contribution in [-0.4, -0.2) is 47.0 Å². The van der Waals surface area contributed by atoms with Crippen molar-refractivity contribution in [3.63, 3.8) is 0 Å². The second-order valence-electron chi connectivity index (χ2n) is 5.90. The Morgan fingerprint density at radius 3 is 2.48 bits per heavy atom. The SMILES string of the molecule is Cc1cc(CN2CCN(C(=O)c3ccc(CN)cc3)CC2)no1. The molecular weight excluding hydrogens is 292 g/mol. The highest BCUT2D eigenvalue weighted by Gasteiger charge is 2.22. The number of nitrogens with zero attached hydrogens (tertiary/aromatic N) is 3.